The molecule has 1 aromatic heterocycles. The molecule has 0 radical (unpaired) electrons. The van der Waals surface area contributed by atoms with E-state index >= 15 is 0 Å². The largest absolute Gasteiger partial charge is 0.497 e. The molecule has 1 amide bonds. The van der Waals surface area contributed by atoms with Crippen LogP contribution in [0.4, 0.5) is 5.69 Å². The van der Waals surface area contributed by atoms with Gasteiger partial charge in [-0.2, -0.15) is 0 Å². The number of nitrogens with one attached hydrogen (secondary N) is 1. The lowest BCUT2D eigenvalue weighted by Gasteiger charge is -2.12. The lowest BCUT2D eigenvalue weighted by Crippen LogP contribution is -2.13. The fourth-order valence-corrected chi connectivity index (χ4v) is 2.71. The molecule has 0 aliphatic rings. The average Bonchev–Trinajstić information content (AvgIpc) is 2.71. The van der Waals surface area contributed by atoms with Crippen molar-refractivity contribution in [2.45, 2.75) is 0 Å². The molecule has 0 unspecified atom stereocenters. The van der Waals surface area contributed by atoms with Crippen molar-refractivity contribution < 1.29 is 19.0 Å². The van der Waals surface area contributed by atoms with Crippen molar-refractivity contribution >= 4 is 34.8 Å². The smallest absolute Gasteiger partial charge is 0.259 e. The number of hydrogen-bond acceptors (Lipinski definition) is 5. The van der Waals surface area contributed by atoms with Gasteiger partial charge >= 0.3 is 0 Å². The summed E-state index contributed by atoms with van der Waals surface area (Å²) in [6.45, 7) is 0. The van der Waals surface area contributed by atoms with Gasteiger partial charge in [0, 0.05) is 24.0 Å². The molecular weight excluding hydrogens is 403 g/mol. The van der Waals surface area contributed by atoms with Gasteiger partial charge in [0.15, 0.2) is 0 Å². The number of aromatic nitrogens is 1. The van der Waals surface area contributed by atoms with E-state index in [1.807, 2.05) is 0 Å². The van der Waals surface area contributed by atoms with Crippen molar-refractivity contribution in [2.24, 2.45) is 0 Å². The third-order valence-corrected chi connectivity index (χ3v) is 4.28. The summed E-state index contributed by atoms with van der Waals surface area (Å²) in [5, 5.41) is 3.60. The van der Waals surface area contributed by atoms with Crippen LogP contribution < -0.4 is 19.5 Å². The standard InChI is InChI=1S/C20H16Cl2N2O4/c1-26-14-5-6-15(18(10-14)27-2)20(25)24-13-4-7-17(16(22)9-13)28-19-8-3-12(21)11-23-19/h3-11H,1-2H3,(H,24,25). The van der Waals surface area contributed by atoms with Crippen molar-refractivity contribution in [3.63, 3.8) is 0 Å². The first kappa shape index (κ1) is 19.8. The zero-order chi connectivity index (χ0) is 20.1. The zero-order valence-corrected chi connectivity index (χ0v) is 16.5. The highest BCUT2D eigenvalue weighted by atomic mass is 35.5. The van der Waals surface area contributed by atoms with Crippen LogP contribution in [-0.4, -0.2) is 25.1 Å². The minimum Gasteiger partial charge on any atom is -0.497 e. The van der Waals surface area contributed by atoms with Gasteiger partial charge in [-0.3, -0.25) is 4.79 Å². The van der Waals surface area contributed by atoms with Crippen molar-refractivity contribution in [1.29, 1.82) is 0 Å². The van der Waals surface area contributed by atoms with E-state index < -0.39 is 0 Å². The Morgan fingerprint density at radius 2 is 1.79 bits per heavy atom. The maximum Gasteiger partial charge on any atom is 0.259 e. The molecular formula is C20H16Cl2N2O4. The number of methoxy groups -OCH3 is 2. The molecule has 0 atom stereocenters. The first-order valence-corrected chi connectivity index (χ1v) is 8.88. The minimum atomic E-state index is -0.344. The Morgan fingerprint density at radius 1 is 0.964 bits per heavy atom. The van der Waals surface area contributed by atoms with Crippen LogP contribution in [0.25, 0.3) is 0 Å². The number of carbonyl (C=O) groups excluding carboxylic acids is 1. The molecule has 3 rings (SSSR count). The first-order chi connectivity index (χ1) is 13.5. The Labute approximate surface area is 172 Å². The minimum absolute atomic E-state index is 0.316. The Hall–Kier alpha value is -2.96. The molecule has 6 nitrogen and oxygen atoms in total. The number of carbonyl (C=O) groups is 1. The van der Waals surface area contributed by atoms with Crippen LogP contribution in [0.2, 0.25) is 10.0 Å². The second-order valence-corrected chi connectivity index (χ2v) is 6.43. The highest BCUT2D eigenvalue weighted by molar-refractivity contribution is 6.32. The number of pyridine rings is 1. The Morgan fingerprint density at radius 3 is 2.43 bits per heavy atom. The summed E-state index contributed by atoms with van der Waals surface area (Å²) in [7, 11) is 3.03. The number of rotatable bonds is 6. The van der Waals surface area contributed by atoms with Gasteiger partial charge in [-0.1, -0.05) is 23.2 Å². The van der Waals surface area contributed by atoms with Crippen LogP contribution in [0.3, 0.4) is 0 Å². The van der Waals surface area contributed by atoms with E-state index in [1.165, 1.54) is 13.3 Å². The highest BCUT2D eigenvalue weighted by Gasteiger charge is 2.14. The molecule has 2 aromatic carbocycles. The van der Waals surface area contributed by atoms with Gasteiger partial charge < -0.3 is 19.5 Å². The summed E-state index contributed by atoms with van der Waals surface area (Å²) in [5.41, 5.74) is 0.870. The van der Waals surface area contributed by atoms with Gasteiger partial charge in [0.05, 0.1) is 29.8 Å². The monoisotopic (exact) mass is 418 g/mol. The van der Waals surface area contributed by atoms with Crippen molar-refractivity contribution in [3.05, 3.63) is 70.3 Å². The molecule has 0 saturated carbocycles. The number of nitrogens with zero attached hydrogens (tertiary/aromatic N) is 1. The van der Waals surface area contributed by atoms with E-state index in [1.54, 1.807) is 55.6 Å². The van der Waals surface area contributed by atoms with Gasteiger partial charge in [0.1, 0.15) is 17.2 Å². The average molecular weight is 419 g/mol. The summed E-state index contributed by atoms with van der Waals surface area (Å²) in [6.07, 6.45) is 1.47. The normalized spacial score (nSPS) is 10.3. The maximum absolute atomic E-state index is 12.6. The van der Waals surface area contributed by atoms with E-state index in [-0.39, 0.29) is 5.91 Å². The first-order valence-electron chi connectivity index (χ1n) is 8.12. The topological polar surface area (TPSA) is 69.7 Å². The number of ether oxygens (including phenoxy) is 3. The van der Waals surface area contributed by atoms with E-state index in [2.05, 4.69) is 10.3 Å². The van der Waals surface area contributed by atoms with Gasteiger partial charge in [0.2, 0.25) is 5.88 Å². The third-order valence-electron chi connectivity index (χ3n) is 3.76. The molecule has 0 fully saturated rings. The van der Waals surface area contributed by atoms with E-state index in [0.29, 0.717) is 44.4 Å². The SMILES string of the molecule is COc1ccc(C(=O)Nc2ccc(Oc3ccc(Cl)cn3)c(Cl)c2)c(OC)c1. The van der Waals surface area contributed by atoms with Gasteiger partial charge in [0.25, 0.3) is 5.91 Å². The van der Waals surface area contributed by atoms with Gasteiger partial charge in [-0.25, -0.2) is 4.98 Å². The lowest BCUT2D eigenvalue weighted by molar-refractivity contribution is 0.102. The summed E-state index contributed by atoms with van der Waals surface area (Å²) >= 11 is 12.1. The fraction of sp³-hybridized carbons (Fsp3) is 0.100. The van der Waals surface area contributed by atoms with Crippen molar-refractivity contribution in [1.82, 2.24) is 4.98 Å². The van der Waals surface area contributed by atoms with Gasteiger partial charge in [-0.15, -0.1) is 0 Å². The zero-order valence-electron chi connectivity index (χ0n) is 15.0. The van der Waals surface area contributed by atoms with Crippen LogP contribution in [-0.2, 0) is 0 Å². The van der Waals surface area contributed by atoms with E-state index in [4.69, 9.17) is 37.4 Å². The fourth-order valence-electron chi connectivity index (χ4n) is 2.38. The number of amides is 1. The second-order valence-electron chi connectivity index (χ2n) is 5.58. The van der Waals surface area contributed by atoms with E-state index in [0.717, 1.165) is 0 Å². The molecule has 0 spiro atoms. The molecule has 144 valence electrons. The predicted octanol–water partition coefficient (Wildman–Crippen LogP) is 5.45. The molecule has 28 heavy (non-hydrogen) atoms. The highest BCUT2D eigenvalue weighted by Crippen LogP contribution is 2.32. The molecule has 0 saturated heterocycles. The van der Waals surface area contributed by atoms with Crippen molar-refractivity contribution in [2.75, 3.05) is 19.5 Å². The summed E-state index contributed by atoms with van der Waals surface area (Å²) in [5.74, 6) is 1.40. The molecule has 0 bridgehead atoms. The summed E-state index contributed by atoms with van der Waals surface area (Å²) in [4.78, 5) is 16.6. The molecule has 3 aromatic rings. The summed E-state index contributed by atoms with van der Waals surface area (Å²) in [6, 6.07) is 13.1. The third kappa shape index (κ3) is 4.65. The molecule has 0 aliphatic carbocycles. The van der Waals surface area contributed by atoms with Crippen LogP contribution in [0.5, 0.6) is 23.1 Å². The van der Waals surface area contributed by atoms with Crippen molar-refractivity contribution in [3.8, 4) is 23.1 Å². The second kappa shape index (κ2) is 8.82. The predicted molar refractivity (Wildman–Crippen MR) is 108 cm³/mol. The molecule has 1 heterocycles. The van der Waals surface area contributed by atoms with Crippen LogP contribution in [0.1, 0.15) is 10.4 Å². The van der Waals surface area contributed by atoms with E-state index in [9.17, 15) is 4.79 Å². The molecule has 0 aliphatic heterocycles. The molecule has 1 N–H and O–H groups in total. The number of anilines is 1. The number of benzene rings is 2. The quantitative estimate of drug-likeness (QED) is 0.576. The maximum atomic E-state index is 12.6. The summed E-state index contributed by atoms with van der Waals surface area (Å²) < 4.78 is 16.0. The Balaban J connectivity index is 1.75. The Kier molecular flexibility index (Phi) is 6.23. The lowest BCUT2D eigenvalue weighted by atomic mass is 10.1. The Bertz CT molecular complexity index is 994. The number of hydrogen-bond donors (Lipinski definition) is 1. The molecule has 8 heteroatoms. The van der Waals surface area contributed by atoms with Crippen LogP contribution in [0, 0.1) is 0 Å². The van der Waals surface area contributed by atoms with Crippen LogP contribution >= 0.6 is 23.2 Å². The van der Waals surface area contributed by atoms with Crippen LogP contribution in [0.15, 0.2) is 54.7 Å². The van der Waals surface area contributed by atoms with Gasteiger partial charge in [-0.05, 0) is 36.4 Å². The number of halogens is 2.